The topological polar surface area (TPSA) is 25.5 Å². The van der Waals surface area contributed by atoms with Gasteiger partial charge in [-0.2, -0.15) is 0 Å². The zero-order valence-corrected chi connectivity index (χ0v) is 22.3. The molecule has 2 nitrogen and oxygen atoms in total. The van der Waals surface area contributed by atoms with Crippen molar-refractivity contribution < 1.29 is 17.0 Å². The fraction of sp³-hybridized carbons (Fsp3) is 0.913. The Labute approximate surface area is 193 Å². The van der Waals surface area contributed by atoms with Gasteiger partial charge in [0, 0.05) is 0 Å². The van der Waals surface area contributed by atoms with Crippen LogP contribution in [0.5, 0.6) is 0 Å². The van der Waals surface area contributed by atoms with Gasteiger partial charge in [-0.15, -0.1) is 0 Å². The van der Waals surface area contributed by atoms with E-state index in [4.69, 9.17) is 18.6 Å². The van der Waals surface area contributed by atoms with E-state index in [2.05, 4.69) is 39.5 Å². The van der Waals surface area contributed by atoms with E-state index in [1.807, 2.05) is 0 Å². The van der Waals surface area contributed by atoms with Gasteiger partial charge in [0.05, 0.1) is 0 Å². The molecule has 0 aromatic carbocycles. The van der Waals surface area contributed by atoms with Crippen LogP contribution in [0.2, 0.25) is 0 Å². The molecule has 166 valence electrons. The summed E-state index contributed by atoms with van der Waals surface area (Å²) in [7, 11) is 9.78. The third-order valence-electron chi connectivity index (χ3n) is 7.79. The van der Waals surface area contributed by atoms with E-state index in [-0.39, 0.29) is 7.43 Å². The molecule has 1 heterocycles. The number of halogens is 2. The summed E-state index contributed by atoms with van der Waals surface area (Å²) < 4.78 is 0. The molecule has 0 bridgehead atoms. The summed E-state index contributed by atoms with van der Waals surface area (Å²) in [6.45, 7) is 13.1. The van der Waals surface area contributed by atoms with Crippen LogP contribution in [-0.2, 0) is 17.0 Å². The van der Waals surface area contributed by atoms with Gasteiger partial charge in [-0.3, -0.25) is 0 Å². The molecular weight excluding hydrogens is 423 g/mol. The van der Waals surface area contributed by atoms with E-state index in [1.54, 1.807) is 0 Å². The van der Waals surface area contributed by atoms with Gasteiger partial charge in [-0.25, -0.2) is 0 Å². The first kappa shape index (κ1) is 28.8. The largest absolute Gasteiger partial charge is 0.469 e. The molecule has 0 unspecified atom stereocenters. The van der Waals surface area contributed by atoms with Crippen LogP contribution in [0.15, 0.2) is 0 Å². The molecule has 2 saturated carbocycles. The molecule has 3 aliphatic rings. The fourth-order valence-electron chi connectivity index (χ4n) is 5.21. The van der Waals surface area contributed by atoms with Crippen LogP contribution >= 0.6 is 18.6 Å². The first-order valence-corrected chi connectivity index (χ1v) is 15.4. The van der Waals surface area contributed by atoms with Crippen molar-refractivity contribution in [2.45, 2.75) is 98.4 Å². The van der Waals surface area contributed by atoms with Crippen molar-refractivity contribution in [3.8, 4) is 0 Å². The van der Waals surface area contributed by atoms with Crippen LogP contribution in [0, 0.1) is 37.0 Å². The maximum absolute atomic E-state index is 9.75. The van der Waals surface area contributed by atoms with E-state index in [9.17, 15) is 5.41 Å². The average Bonchev–Trinajstić information content (AvgIpc) is 3.11. The second-order valence-corrected chi connectivity index (χ2v) is 11.7. The van der Waals surface area contributed by atoms with Crippen LogP contribution in [0.1, 0.15) is 92.4 Å². The number of nitrogens with zero attached hydrogens (tertiary/aromatic N) is 2. The summed E-state index contributed by atoms with van der Waals surface area (Å²) >= 11 is -0.556. The Morgan fingerprint density at radius 1 is 0.750 bits per heavy atom. The van der Waals surface area contributed by atoms with Crippen molar-refractivity contribution >= 4 is 24.4 Å². The molecule has 0 N–H and O–H groups in total. The molecule has 0 radical (unpaired) electrons. The van der Waals surface area contributed by atoms with Gasteiger partial charge in [0.25, 0.3) is 0 Å². The van der Waals surface area contributed by atoms with Crippen molar-refractivity contribution in [2.75, 3.05) is 6.54 Å². The van der Waals surface area contributed by atoms with E-state index in [1.165, 1.54) is 44.9 Å². The number of hydrogen-bond donors (Lipinski definition) is 0. The smallest absolute Gasteiger partial charge is 0.0363 e. The first-order chi connectivity index (χ1) is 12.8. The standard InChI is InChI=1S/C12H21N2.C10H20.CH3.2ClH.Ti/c13-12-9-6-10-14(12)11-7-4-2-1-3-5-8-11;1-6-7(2)9(4)10(5)8(6)3;;;;/h11H,1-10H2;6-10H,1-5H3;1H3;2*1H;/q-1;;-1;;;+2/p-2. The predicted molar refractivity (Wildman–Crippen MR) is 124 cm³/mol. The van der Waals surface area contributed by atoms with Crippen molar-refractivity contribution in [2.24, 2.45) is 29.6 Å². The maximum atomic E-state index is 9.75. The van der Waals surface area contributed by atoms with Gasteiger partial charge in [-0.05, 0) is 48.6 Å². The quantitative estimate of drug-likeness (QED) is 0.282. The molecular formula is C23H44Cl2N2Ti-2. The molecule has 0 atom stereocenters. The Hall–Kier alpha value is 0.764. The molecule has 3 fully saturated rings. The second kappa shape index (κ2) is 15.5. The summed E-state index contributed by atoms with van der Waals surface area (Å²) in [5.74, 6) is 5.34. The molecule has 0 spiro atoms. The van der Waals surface area contributed by atoms with E-state index < -0.39 is 17.0 Å². The minimum atomic E-state index is -0.556. The normalized spacial score (nSPS) is 33.5. The SMILES string of the molecule is CC1C(C)C(C)C(C)C1C.[CH3-].[Cl][Ti][Cl].[N-]=C1CCCN1C1CCCCCCC1. The molecule has 1 saturated heterocycles. The number of likely N-dealkylation sites (tertiary alicyclic amines) is 1. The molecule has 28 heavy (non-hydrogen) atoms. The second-order valence-electron chi connectivity index (χ2n) is 9.08. The van der Waals surface area contributed by atoms with Crippen molar-refractivity contribution in [3.05, 3.63) is 12.8 Å². The zero-order chi connectivity index (χ0) is 20.4. The monoisotopic (exact) mass is 466 g/mol. The Kier molecular flexibility index (Phi) is 16.0. The third-order valence-corrected chi connectivity index (χ3v) is 7.79. The Balaban J connectivity index is 0.000000461. The minimum Gasteiger partial charge on any atom is -0.469 e. The van der Waals surface area contributed by atoms with Gasteiger partial charge in [-0.1, -0.05) is 91.8 Å². The van der Waals surface area contributed by atoms with Gasteiger partial charge < -0.3 is 17.7 Å². The third kappa shape index (κ3) is 8.87. The van der Waals surface area contributed by atoms with Crippen LogP contribution < -0.4 is 0 Å². The van der Waals surface area contributed by atoms with Crippen LogP contribution in [0.4, 0.5) is 0 Å². The zero-order valence-electron chi connectivity index (χ0n) is 19.2. The van der Waals surface area contributed by atoms with Crippen LogP contribution in [0.25, 0.3) is 5.41 Å². The molecule has 0 aromatic heterocycles. The molecule has 5 heteroatoms. The molecule has 0 aromatic rings. The summed E-state index contributed by atoms with van der Waals surface area (Å²) in [6.07, 6.45) is 11.6. The Morgan fingerprint density at radius 3 is 1.43 bits per heavy atom. The molecule has 0 amide bonds. The van der Waals surface area contributed by atoms with Gasteiger partial charge >= 0.3 is 35.6 Å². The van der Waals surface area contributed by atoms with Gasteiger partial charge in [0.15, 0.2) is 0 Å². The average molecular weight is 467 g/mol. The molecule has 1 aliphatic heterocycles. The number of rotatable bonds is 1. The minimum absolute atomic E-state index is 0. The van der Waals surface area contributed by atoms with Gasteiger partial charge in [0.2, 0.25) is 0 Å². The van der Waals surface area contributed by atoms with E-state index in [0.29, 0.717) is 11.9 Å². The summed E-state index contributed by atoms with van der Waals surface area (Å²) in [5.41, 5.74) is 0. The number of hydrogen-bond acceptors (Lipinski definition) is 0. The van der Waals surface area contributed by atoms with Gasteiger partial charge in [0.1, 0.15) is 0 Å². The first-order valence-electron chi connectivity index (χ1n) is 11.1. The number of amidine groups is 1. The molecule has 3 rings (SSSR count). The predicted octanol–water partition coefficient (Wildman–Crippen LogP) is 8.17. The summed E-state index contributed by atoms with van der Waals surface area (Å²) in [4.78, 5) is 2.27. The van der Waals surface area contributed by atoms with Crippen molar-refractivity contribution in [1.82, 2.24) is 4.90 Å². The summed E-state index contributed by atoms with van der Waals surface area (Å²) in [6, 6.07) is 0.651. The van der Waals surface area contributed by atoms with E-state index >= 15 is 0 Å². The Bertz CT molecular complexity index is 369. The van der Waals surface area contributed by atoms with E-state index in [0.717, 1.165) is 49.0 Å². The fourth-order valence-corrected chi connectivity index (χ4v) is 5.21. The van der Waals surface area contributed by atoms with Crippen LogP contribution in [-0.4, -0.2) is 23.3 Å². The van der Waals surface area contributed by atoms with Crippen LogP contribution in [0.3, 0.4) is 0 Å². The summed E-state index contributed by atoms with van der Waals surface area (Å²) in [5, 5.41) is 9.75. The maximum Gasteiger partial charge on any atom is -0.0363 e. The van der Waals surface area contributed by atoms with Crippen molar-refractivity contribution in [3.63, 3.8) is 0 Å². The molecule has 2 aliphatic carbocycles. The Morgan fingerprint density at radius 2 is 1.11 bits per heavy atom. The van der Waals surface area contributed by atoms with Crippen molar-refractivity contribution in [1.29, 1.82) is 0 Å².